The van der Waals surface area contributed by atoms with Crippen LogP contribution in [-0.4, -0.2) is 31.5 Å². The molecule has 0 unspecified atom stereocenters. The summed E-state index contributed by atoms with van der Waals surface area (Å²) in [4.78, 5) is 35.1. The molecule has 8 heteroatoms. The summed E-state index contributed by atoms with van der Waals surface area (Å²) in [6.07, 6.45) is 0. The van der Waals surface area contributed by atoms with Crippen LogP contribution in [-0.2, 0) is 9.53 Å². The molecule has 0 saturated carbocycles. The third kappa shape index (κ3) is 5.50. The van der Waals surface area contributed by atoms with E-state index in [2.05, 4.69) is 15.6 Å². The number of amides is 2. The molecule has 0 heterocycles. The first-order chi connectivity index (χ1) is 12.0. The van der Waals surface area contributed by atoms with E-state index in [9.17, 15) is 14.4 Å². The Morgan fingerprint density at radius 3 is 2.36 bits per heavy atom. The van der Waals surface area contributed by atoms with Crippen molar-refractivity contribution in [2.24, 2.45) is 0 Å². The van der Waals surface area contributed by atoms with Gasteiger partial charge in [-0.2, -0.15) is 0 Å². The van der Waals surface area contributed by atoms with Gasteiger partial charge in [-0.1, -0.05) is 17.7 Å². The fourth-order valence-electron chi connectivity index (χ4n) is 1.82. The molecular formula is C17H15ClN2O5. The quantitative estimate of drug-likeness (QED) is 0.626. The van der Waals surface area contributed by atoms with E-state index in [0.29, 0.717) is 10.8 Å². The highest BCUT2D eigenvalue weighted by atomic mass is 35.5. The highest BCUT2D eigenvalue weighted by Crippen LogP contribution is 2.15. The molecule has 0 saturated heterocycles. The lowest BCUT2D eigenvalue weighted by atomic mass is 10.1. The summed E-state index contributed by atoms with van der Waals surface area (Å²) in [5.41, 5.74) is 4.88. The predicted molar refractivity (Wildman–Crippen MR) is 90.3 cm³/mol. The molecule has 25 heavy (non-hydrogen) atoms. The van der Waals surface area contributed by atoms with Crippen LogP contribution in [0.5, 0.6) is 5.75 Å². The van der Waals surface area contributed by atoms with E-state index >= 15 is 0 Å². The van der Waals surface area contributed by atoms with Gasteiger partial charge in [-0.05, 0) is 42.5 Å². The monoisotopic (exact) mass is 362 g/mol. The Kier molecular flexibility index (Phi) is 6.36. The molecule has 2 rings (SSSR count). The normalized spacial score (nSPS) is 9.84. The van der Waals surface area contributed by atoms with Crippen molar-refractivity contribution in [3.63, 3.8) is 0 Å². The van der Waals surface area contributed by atoms with Crippen LogP contribution in [0.3, 0.4) is 0 Å². The van der Waals surface area contributed by atoms with Crippen LogP contribution in [0.4, 0.5) is 0 Å². The smallest absolute Gasteiger partial charge is 0.337 e. The number of ether oxygens (including phenoxy) is 2. The van der Waals surface area contributed by atoms with Crippen molar-refractivity contribution >= 4 is 29.4 Å². The maximum absolute atomic E-state index is 12.0. The molecule has 130 valence electrons. The van der Waals surface area contributed by atoms with Crippen molar-refractivity contribution in [3.8, 4) is 5.75 Å². The molecule has 7 nitrogen and oxygen atoms in total. The Bertz CT molecular complexity index is 777. The molecule has 0 radical (unpaired) electrons. The molecule has 0 aliphatic heterocycles. The first-order valence-corrected chi connectivity index (χ1v) is 7.53. The Morgan fingerprint density at radius 2 is 1.68 bits per heavy atom. The third-order valence-corrected chi connectivity index (χ3v) is 3.30. The van der Waals surface area contributed by atoms with Crippen molar-refractivity contribution in [2.45, 2.75) is 0 Å². The van der Waals surface area contributed by atoms with E-state index < -0.39 is 17.8 Å². The average Bonchev–Trinajstić information content (AvgIpc) is 2.65. The van der Waals surface area contributed by atoms with Gasteiger partial charge in [0.15, 0.2) is 6.61 Å². The molecule has 2 amide bonds. The SMILES string of the molecule is COC(=O)c1cccc(C(=O)NNC(=O)COc2ccc(Cl)cc2)c1. The molecule has 2 aromatic rings. The van der Waals surface area contributed by atoms with Crippen LogP contribution >= 0.6 is 11.6 Å². The number of benzene rings is 2. The average molecular weight is 363 g/mol. The molecule has 0 spiro atoms. The maximum atomic E-state index is 12.0. The minimum absolute atomic E-state index is 0.196. The van der Waals surface area contributed by atoms with Crippen molar-refractivity contribution in [1.29, 1.82) is 0 Å². The fourth-order valence-corrected chi connectivity index (χ4v) is 1.95. The Balaban J connectivity index is 1.83. The Hall–Kier alpha value is -3.06. The van der Waals surface area contributed by atoms with E-state index in [1.807, 2.05) is 0 Å². The topological polar surface area (TPSA) is 93.7 Å². The number of nitrogens with one attached hydrogen (secondary N) is 2. The number of carbonyl (C=O) groups is 3. The zero-order valence-electron chi connectivity index (χ0n) is 13.2. The summed E-state index contributed by atoms with van der Waals surface area (Å²) in [7, 11) is 1.25. The first kappa shape index (κ1) is 18.3. The van der Waals surface area contributed by atoms with Crippen LogP contribution in [0.25, 0.3) is 0 Å². The molecule has 2 aromatic carbocycles. The van der Waals surface area contributed by atoms with Crippen LogP contribution in [0.2, 0.25) is 5.02 Å². The molecule has 0 atom stereocenters. The minimum Gasteiger partial charge on any atom is -0.484 e. The molecule has 0 bridgehead atoms. The van der Waals surface area contributed by atoms with Crippen LogP contribution in [0.1, 0.15) is 20.7 Å². The number of rotatable bonds is 5. The van der Waals surface area contributed by atoms with Gasteiger partial charge in [0.2, 0.25) is 0 Å². The summed E-state index contributed by atoms with van der Waals surface area (Å²) in [5.74, 6) is -1.22. The summed E-state index contributed by atoms with van der Waals surface area (Å²) in [6, 6.07) is 12.4. The van der Waals surface area contributed by atoms with Gasteiger partial charge < -0.3 is 9.47 Å². The van der Waals surface area contributed by atoms with Gasteiger partial charge in [0.25, 0.3) is 11.8 Å². The zero-order chi connectivity index (χ0) is 18.2. The third-order valence-electron chi connectivity index (χ3n) is 3.04. The number of halogens is 1. The lowest BCUT2D eigenvalue weighted by molar-refractivity contribution is -0.123. The highest BCUT2D eigenvalue weighted by Gasteiger charge is 2.11. The van der Waals surface area contributed by atoms with E-state index in [4.69, 9.17) is 16.3 Å². The Morgan fingerprint density at radius 1 is 1.00 bits per heavy atom. The number of methoxy groups -OCH3 is 1. The van der Waals surface area contributed by atoms with Gasteiger partial charge in [0.1, 0.15) is 5.75 Å². The minimum atomic E-state index is -0.578. The van der Waals surface area contributed by atoms with Crippen molar-refractivity contribution in [1.82, 2.24) is 10.9 Å². The Labute approximate surface area is 148 Å². The summed E-state index contributed by atoms with van der Waals surface area (Å²) >= 11 is 5.75. The highest BCUT2D eigenvalue weighted by molar-refractivity contribution is 6.30. The summed E-state index contributed by atoms with van der Waals surface area (Å²) in [6.45, 7) is -0.288. The second-order valence-corrected chi connectivity index (χ2v) is 5.25. The van der Waals surface area contributed by atoms with E-state index in [1.54, 1.807) is 24.3 Å². The summed E-state index contributed by atoms with van der Waals surface area (Å²) in [5, 5.41) is 0.554. The van der Waals surface area contributed by atoms with Gasteiger partial charge >= 0.3 is 5.97 Å². The van der Waals surface area contributed by atoms with E-state index in [0.717, 1.165) is 0 Å². The molecule has 0 aromatic heterocycles. The van der Waals surface area contributed by atoms with Gasteiger partial charge in [0, 0.05) is 10.6 Å². The van der Waals surface area contributed by atoms with Gasteiger partial charge in [-0.3, -0.25) is 20.4 Å². The maximum Gasteiger partial charge on any atom is 0.337 e. The fraction of sp³-hybridized carbons (Fsp3) is 0.118. The number of esters is 1. The molecule has 0 fully saturated rings. The second-order valence-electron chi connectivity index (χ2n) is 4.82. The van der Waals surface area contributed by atoms with E-state index in [-0.39, 0.29) is 17.7 Å². The largest absolute Gasteiger partial charge is 0.484 e. The molecule has 0 aliphatic rings. The van der Waals surface area contributed by atoms with Gasteiger partial charge in [-0.25, -0.2) is 4.79 Å². The van der Waals surface area contributed by atoms with Crippen LogP contribution in [0, 0.1) is 0 Å². The van der Waals surface area contributed by atoms with Crippen molar-refractivity contribution < 1.29 is 23.9 Å². The number of hydrazine groups is 1. The van der Waals surface area contributed by atoms with Crippen molar-refractivity contribution in [2.75, 3.05) is 13.7 Å². The predicted octanol–water partition coefficient (Wildman–Crippen LogP) is 1.97. The van der Waals surface area contributed by atoms with E-state index in [1.165, 1.54) is 31.4 Å². The van der Waals surface area contributed by atoms with Crippen LogP contribution in [0.15, 0.2) is 48.5 Å². The van der Waals surface area contributed by atoms with Crippen molar-refractivity contribution in [3.05, 3.63) is 64.7 Å². The number of hydrogen-bond acceptors (Lipinski definition) is 5. The lowest BCUT2D eigenvalue weighted by Crippen LogP contribution is -2.43. The zero-order valence-corrected chi connectivity index (χ0v) is 14.0. The van der Waals surface area contributed by atoms with Gasteiger partial charge in [0.05, 0.1) is 12.7 Å². The molecule has 2 N–H and O–H groups in total. The van der Waals surface area contributed by atoms with Crippen LogP contribution < -0.4 is 15.6 Å². The molecule has 0 aliphatic carbocycles. The number of hydrogen-bond donors (Lipinski definition) is 2. The summed E-state index contributed by atoms with van der Waals surface area (Å²) < 4.78 is 9.83. The first-order valence-electron chi connectivity index (χ1n) is 7.15. The number of carbonyl (C=O) groups excluding carboxylic acids is 3. The lowest BCUT2D eigenvalue weighted by Gasteiger charge is -2.09. The van der Waals surface area contributed by atoms with Gasteiger partial charge in [-0.15, -0.1) is 0 Å². The standard InChI is InChI=1S/C17H15ClN2O5/c1-24-17(23)12-4-2-3-11(9-12)16(22)20-19-15(21)10-25-14-7-5-13(18)6-8-14/h2-9H,10H2,1H3,(H,19,21)(H,20,22). The molecular weight excluding hydrogens is 348 g/mol. The second kappa shape index (κ2) is 8.70.